The summed E-state index contributed by atoms with van der Waals surface area (Å²) in [5.41, 5.74) is 6.02. The highest BCUT2D eigenvalue weighted by Gasteiger charge is 2.03. The zero-order chi connectivity index (χ0) is 10.6. The van der Waals surface area contributed by atoms with Crippen LogP contribution in [0.5, 0.6) is 0 Å². The van der Waals surface area contributed by atoms with Gasteiger partial charge in [-0.05, 0) is 18.2 Å². The molecule has 0 spiro atoms. The van der Waals surface area contributed by atoms with Crippen molar-refractivity contribution >= 4 is 33.4 Å². The van der Waals surface area contributed by atoms with Gasteiger partial charge in [-0.1, -0.05) is 22.0 Å². The minimum atomic E-state index is -0.514. The summed E-state index contributed by atoms with van der Waals surface area (Å²) in [5, 5.41) is 2.81. The van der Waals surface area contributed by atoms with Gasteiger partial charge in [0.25, 0.3) is 0 Å². The monoisotopic (exact) mass is 256 g/mol. The van der Waals surface area contributed by atoms with Crippen molar-refractivity contribution in [1.29, 1.82) is 0 Å². The molecule has 0 saturated heterocycles. The number of halogens is 1. The highest BCUT2D eigenvalue weighted by atomic mass is 79.9. The molecule has 0 aliphatic rings. The van der Waals surface area contributed by atoms with Crippen LogP contribution >= 0.6 is 15.9 Å². The molecule has 1 rings (SSSR count). The third-order valence-corrected chi connectivity index (χ3v) is 2.06. The molecule has 0 aliphatic carbocycles. The molecule has 3 N–H and O–H groups in total. The molecule has 2 amide bonds. The quantitative estimate of drug-likeness (QED) is 0.796. The number of rotatable bonds is 3. The average Bonchev–Trinajstić information content (AvgIpc) is 2.18. The van der Waals surface area contributed by atoms with Gasteiger partial charge < -0.3 is 11.1 Å². The highest BCUT2D eigenvalue weighted by Crippen LogP contribution is 2.10. The fraction of sp³-hybridized carbons (Fsp3) is 0.111. The molecule has 0 aliphatic heterocycles. The van der Waals surface area contributed by atoms with Gasteiger partial charge in [0, 0.05) is 11.3 Å². The van der Waals surface area contributed by atoms with Crippen molar-refractivity contribution in [3.63, 3.8) is 0 Å². The number of amides is 2. The van der Waals surface area contributed by atoms with Gasteiger partial charge in [0.2, 0.25) is 11.8 Å². The highest BCUT2D eigenvalue weighted by molar-refractivity contribution is 9.09. The fourth-order valence-corrected chi connectivity index (χ4v) is 1.08. The van der Waals surface area contributed by atoms with Gasteiger partial charge in [0.1, 0.15) is 0 Å². The fourth-order valence-electron chi connectivity index (χ4n) is 0.945. The Hall–Kier alpha value is -1.36. The molecule has 1 aromatic carbocycles. The number of alkyl halides is 1. The molecule has 1 aromatic rings. The van der Waals surface area contributed by atoms with Crippen molar-refractivity contribution < 1.29 is 9.59 Å². The maximum atomic E-state index is 11.0. The van der Waals surface area contributed by atoms with E-state index in [2.05, 4.69) is 21.2 Å². The summed E-state index contributed by atoms with van der Waals surface area (Å²) in [7, 11) is 0. The Morgan fingerprint density at radius 2 is 2.14 bits per heavy atom. The largest absolute Gasteiger partial charge is 0.366 e. The first-order valence-electron chi connectivity index (χ1n) is 3.89. The van der Waals surface area contributed by atoms with Crippen molar-refractivity contribution in [3.8, 4) is 0 Å². The van der Waals surface area contributed by atoms with Crippen LogP contribution in [0.1, 0.15) is 10.4 Å². The summed E-state index contributed by atoms with van der Waals surface area (Å²) < 4.78 is 0. The summed E-state index contributed by atoms with van der Waals surface area (Å²) in [5.74, 6) is -0.688. The number of carbonyl (C=O) groups excluding carboxylic acids is 2. The van der Waals surface area contributed by atoms with E-state index in [1.54, 1.807) is 18.2 Å². The lowest BCUT2D eigenvalue weighted by molar-refractivity contribution is -0.113. The number of anilines is 1. The molecular formula is C9H9BrN2O2. The van der Waals surface area contributed by atoms with Crippen molar-refractivity contribution in [1.82, 2.24) is 0 Å². The number of primary amides is 1. The summed E-state index contributed by atoms with van der Waals surface area (Å²) in [6.07, 6.45) is 0. The zero-order valence-corrected chi connectivity index (χ0v) is 8.87. The topological polar surface area (TPSA) is 72.2 Å². The van der Waals surface area contributed by atoms with Crippen LogP contribution in [0.3, 0.4) is 0 Å². The summed E-state index contributed by atoms with van der Waals surface area (Å²) in [4.78, 5) is 21.8. The molecule has 0 atom stereocenters. The molecule has 74 valence electrons. The first-order valence-corrected chi connectivity index (χ1v) is 5.01. The first-order chi connectivity index (χ1) is 6.63. The zero-order valence-electron chi connectivity index (χ0n) is 7.29. The van der Waals surface area contributed by atoms with E-state index in [1.807, 2.05) is 0 Å². The average molecular weight is 257 g/mol. The SMILES string of the molecule is NC(=O)c1cccc(NC(=O)CBr)c1. The Morgan fingerprint density at radius 3 is 2.71 bits per heavy atom. The predicted octanol–water partition coefficient (Wildman–Crippen LogP) is 1.12. The lowest BCUT2D eigenvalue weighted by Gasteiger charge is -2.03. The van der Waals surface area contributed by atoms with Crippen LogP contribution in [0.2, 0.25) is 0 Å². The molecule has 4 nitrogen and oxygen atoms in total. The van der Waals surface area contributed by atoms with Gasteiger partial charge in [-0.3, -0.25) is 9.59 Å². The second kappa shape index (κ2) is 4.76. The normalized spacial score (nSPS) is 9.50. The molecule has 0 fully saturated rings. The molecule has 0 aromatic heterocycles. The number of carbonyl (C=O) groups is 2. The van der Waals surface area contributed by atoms with Crippen LogP contribution < -0.4 is 11.1 Å². The van der Waals surface area contributed by atoms with Gasteiger partial charge in [0.05, 0.1) is 5.33 Å². The van der Waals surface area contributed by atoms with Gasteiger partial charge in [0.15, 0.2) is 0 Å². The number of benzene rings is 1. The van der Waals surface area contributed by atoms with E-state index in [4.69, 9.17) is 5.73 Å². The molecule has 0 bridgehead atoms. The van der Waals surface area contributed by atoms with Gasteiger partial charge in [-0.2, -0.15) is 0 Å². The maximum Gasteiger partial charge on any atom is 0.248 e. The van der Waals surface area contributed by atoms with Gasteiger partial charge in [-0.15, -0.1) is 0 Å². The standard InChI is InChI=1S/C9H9BrN2O2/c10-5-8(13)12-7-3-1-2-6(4-7)9(11)14/h1-4H,5H2,(H2,11,14)(H,12,13). The Morgan fingerprint density at radius 1 is 1.43 bits per heavy atom. The number of nitrogens with two attached hydrogens (primary N) is 1. The summed E-state index contributed by atoms with van der Waals surface area (Å²) in [6, 6.07) is 6.46. The number of nitrogens with one attached hydrogen (secondary N) is 1. The number of hydrogen-bond donors (Lipinski definition) is 2. The third-order valence-electron chi connectivity index (χ3n) is 1.55. The van der Waals surface area contributed by atoms with Crippen molar-refractivity contribution in [3.05, 3.63) is 29.8 Å². The van der Waals surface area contributed by atoms with Crippen molar-refractivity contribution in [2.75, 3.05) is 10.6 Å². The summed E-state index contributed by atoms with van der Waals surface area (Å²) in [6.45, 7) is 0. The van der Waals surface area contributed by atoms with Crippen LogP contribution in [0.25, 0.3) is 0 Å². The lowest BCUT2D eigenvalue weighted by atomic mass is 10.2. The second-order valence-corrected chi connectivity index (χ2v) is 3.19. The Labute approximate surface area is 89.6 Å². The molecule has 14 heavy (non-hydrogen) atoms. The second-order valence-electron chi connectivity index (χ2n) is 2.63. The minimum absolute atomic E-state index is 0.174. The molecule has 5 heteroatoms. The van der Waals surface area contributed by atoms with Gasteiger partial charge in [-0.25, -0.2) is 0 Å². The molecule has 0 radical (unpaired) electrons. The van der Waals surface area contributed by atoms with E-state index in [0.29, 0.717) is 11.3 Å². The van der Waals surface area contributed by atoms with E-state index >= 15 is 0 Å². The Bertz CT molecular complexity index is 366. The third kappa shape index (κ3) is 2.85. The lowest BCUT2D eigenvalue weighted by Crippen LogP contribution is -2.14. The molecule has 0 saturated carbocycles. The van der Waals surface area contributed by atoms with E-state index < -0.39 is 5.91 Å². The smallest absolute Gasteiger partial charge is 0.248 e. The van der Waals surface area contributed by atoms with E-state index in [0.717, 1.165) is 0 Å². The molecule has 0 heterocycles. The Kier molecular flexibility index (Phi) is 3.64. The van der Waals surface area contributed by atoms with Crippen LogP contribution in [0, 0.1) is 0 Å². The molecule has 0 unspecified atom stereocenters. The van der Waals surface area contributed by atoms with Crippen LogP contribution in [-0.2, 0) is 4.79 Å². The molecular weight excluding hydrogens is 248 g/mol. The van der Waals surface area contributed by atoms with E-state index in [1.165, 1.54) is 6.07 Å². The van der Waals surface area contributed by atoms with Crippen LogP contribution in [-0.4, -0.2) is 17.1 Å². The summed E-state index contributed by atoms with van der Waals surface area (Å²) >= 11 is 3.02. The van der Waals surface area contributed by atoms with Crippen LogP contribution in [0.4, 0.5) is 5.69 Å². The van der Waals surface area contributed by atoms with E-state index in [9.17, 15) is 9.59 Å². The predicted molar refractivity (Wildman–Crippen MR) is 57.4 cm³/mol. The van der Waals surface area contributed by atoms with Crippen molar-refractivity contribution in [2.24, 2.45) is 5.73 Å². The van der Waals surface area contributed by atoms with E-state index in [-0.39, 0.29) is 11.2 Å². The van der Waals surface area contributed by atoms with Gasteiger partial charge >= 0.3 is 0 Å². The minimum Gasteiger partial charge on any atom is -0.366 e. The Balaban J connectivity index is 2.83. The van der Waals surface area contributed by atoms with Crippen LogP contribution in [0.15, 0.2) is 24.3 Å². The number of hydrogen-bond acceptors (Lipinski definition) is 2. The van der Waals surface area contributed by atoms with Crippen molar-refractivity contribution in [2.45, 2.75) is 0 Å². The maximum absolute atomic E-state index is 11.0. The first kappa shape index (κ1) is 10.7.